The number of esters is 2. The van der Waals surface area contributed by atoms with Gasteiger partial charge >= 0.3 is 11.9 Å². The van der Waals surface area contributed by atoms with Crippen LogP contribution in [-0.2, 0) is 19.1 Å². The molecule has 0 saturated heterocycles. The van der Waals surface area contributed by atoms with Crippen LogP contribution < -0.4 is 0 Å². The summed E-state index contributed by atoms with van der Waals surface area (Å²) in [5.41, 5.74) is 0. The molecule has 0 bridgehead atoms. The molecule has 120 valence electrons. The minimum atomic E-state index is -0.544. The summed E-state index contributed by atoms with van der Waals surface area (Å²) in [4.78, 5) is 23.5. The molecular formula is C16H26O5. The molecule has 2 rings (SSSR count). The summed E-state index contributed by atoms with van der Waals surface area (Å²) in [7, 11) is 0. The Hall–Kier alpha value is -1.10. The highest BCUT2D eigenvalue weighted by molar-refractivity contribution is 5.72. The average molecular weight is 298 g/mol. The van der Waals surface area contributed by atoms with E-state index < -0.39 is 6.79 Å². The van der Waals surface area contributed by atoms with Crippen molar-refractivity contribution in [2.45, 2.75) is 58.5 Å². The third-order valence-electron chi connectivity index (χ3n) is 4.86. The Morgan fingerprint density at radius 3 is 2.48 bits per heavy atom. The first-order valence-corrected chi connectivity index (χ1v) is 7.99. The molecule has 0 amide bonds. The first-order chi connectivity index (χ1) is 10.0. The predicted octanol–water partition coefficient (Wildman–Crippen LogP) is 2.26. The molecule has 1 N–H and O–H groups in total. The van der Waals surface area contributed by atoms with Crippen LogP contribution in [0.5, 0.6) is 0 Å². The number of fused-ring (bicyclic) bond motifs is 1. The fourth-order valence-corrected chi connectivity index (χ4v) is 3.65. The third kappa shape index (κ3) is 4.19. The zero-order chi connectivity index (χ0) is 15.4. The van der Waals surface area contributed by atoms with Crippen molar-refractivity contribution in [1.29, 1.82) is 0 Å². The number of carbonyl (C=O) groups excluding carboxylic acids is 2. The Morgan fingerprint density at radius 1 is 1.10 bits per heavy atom. The molecule has 0 aromatic heterocycles. The number of rotatable bonds is 4. The summed E-state index contributed by atoms with van der Waals surface area (Å²) in [6.45, 7) is 3.14. The second-order valence-corrected chi connectivity index (χ2v) is 6.65. The van der Waals surface area contributed by atoms with Crippen LogP contribution in [0.15, 0.2) is 0 Å². The second kappa shape index (κ2) is 7.25. The lowest BCUT2D eigenvalue weighted by molar-refractivity contribution is -0.162. The standard InChI is InChI=1S/C16H26O5/c1-10(2)15(18)21-14-6-5-11-3-4-12(7-13(11)8-14)16(19)20-9-17/h10-14,17H,3-9H2,1-2H3. The summed E-state index contributed by atoms with van der Waals surface area (Å²) in [6.07, 6.45) is 5.52. The van der Waals surface area contributed by atoms with Gasteiger partial charge in [0.15, 0.2) is 6.79 Å². The predicted molar refractivity (Wildman–Crippen MR) is 76.1 cm³/mol. The second-order valence-electron chi connectivity index (χ2n) is 6.65. The maximum absolute atomic E-state index is 11.8. The van der Waals surface area contributed by atoms with Crippen molar-refractivity contribution < 1.29 is 24.2 Å². The van der Waals surface area contributed by atoms with E-state index >= 15 is 0 Å². The number of hydrogen-bond acceptors (Lipinski definition) is 5. The number of hydrogen-bond donors (Lipinski definition) is 1. The highest BCUT2D eigenvalue weighted by Gasteiger charge is 2.39. The van der Waals surface area contributed by atoms with Crippen LogP contribution in [0.2, 0.25) is 0 Å². The molecule has 0 aliphatic heterocycles. The van der Waals surface area contributed by atoms with Crippen LogP contribution in [0.25, 0.3) is 0 Å². The third-order valence-corrected chi connectivity index (χ3v) is 4.86. The van der Waals surface area contributed by atoms with Crippen LogP contribution in [0.4, 0.5) is 0 Å². The molecule has 2 saturated carbocycles. The van der Waals surface area contributed by atoms with Gasteiger partial charge in [0.05, 0.1) is 11.8 Å². The minimum absolute atomic E-state index is 0.00578. The lowest BCUT2D eigenvalue weighted by atomic mass is 9.67. The minimum Gasteiger partial charge on any atom is -0.462 e. The van der Waals surface area contributed by atoms with Gasteiger partial charge in [0.1, 0.15) is 6.10 Å². The summed E-state index contributed by atoms with van der Waals surface area (Å²) in [6, 6.07) is 0. The Balaban J connectivity index is 1.88. The molecule has 0 aromatic carbocycles. The van der Waals surface area contributed by atoms with Gasteiger partial charge in [-0.1, -0.05) is 13.8 Å². The summed E-state index contributed by atoms with van der Waals surface area (Å²) >= 11 is 0. The van der Waals surface area contributed by atoms with E-state index in [1.54, 1.807) is 0 Å². The normalized spacial score (nSPS) is 32.4. The quantitative estimate of drug-likeness (QED) is 0.636. The van der Waals surface area contributed by atoms with Crippen molar-refractivity contribution in [2.24, 2.45) is 23.7 Å². The van der Waals surface area contributed by atoms with Crippen LogP contribution in [0, 0.1) is 23.7 Å². The number of aliphatic hydroxyl groups is 1. The van der Waals surface area contributed by atoms with Gasteiger partial charge in [-0.25, -0.2) is 0 Å². The van der Waals surface area contributed by atoms with Crippen molar-refractivity contribution >= 4 is 11.9 Å². The lowest BCUT2D eigenvalue weighted by Gasteiger charge is -2.41. The van der Waals surface area contributed by atoms with E-state index in [1.807, 2.05) is 13.8 Å². The molecule has 4 atom stereocenters. The Labute approximate surface area is 126 Å². The molecule has 2 aliphatic carbocycles. The Bertz CT molecular complexity index is 379. The maximum atomic E-state index is 11.8. The zero-order valence-electron chi connectivity index (χ0n) is 12.9. The van der Waals surface area contributed by atoms with Crippen molar-refractivity contribution in [3.8, 4) is 0 Å². The van der Waals surface area contributed by atoms with E-state index in [0.29, 0.717) is 11.8 Å². The maximum Gasteiger partial charge on any atom is 0.311 e. The van der Waals surface area contributed by atoms with Crippen LogP contribution in [0.3, 0.4) is 0 Å². The van der Waals surface area contributed by atoms with E-state index in [2.05, 4.69) is 0 Å². The van der Waals surface area contributed by atoms with Gasteiger partial charge in [-0.05, 0) is 50.4 Å². The molecule has 4 unspecified atom stereocenters. The summed E-state index contributed by atoms with van der Waals surface area (Å²) < 4.78 is 10.3. The Kier molecular flexibility index (Phi) is 5.62. The molecule has 21 heavy (non-hydrogen) atoms. The van der Waals surface area contributed by atoms with Crippen LogP contribution in [0.1, 0.15) is 52.4 Å². The van der Waals surface area contributed by atoms with Gasteiger partial charge in [-0.2, -0.15) is 0 Å². The first kappa shape index (κ1) is 16.3. The molecule has 2 fully saturated rings. The van der Waals surface area contributed by atoms with E-state index in [4.69, 9.17) is 14.6 Å². The number of carbonyl (C=O) groups is 2. The largest absolute Gasteiger partial charge is 0.462 e. The van der Waals surface area contributed by atoms with Crippen LogP contribution >= 0.6 is 0 Å². The monoisotopic (exact) mass is 298 g/mol. The highest BCUT2D eigenvalue weighted by atomic mass is 16.6. The van der Waals surface area contributed by atoms with Gasteiger partial charge < -0.3 is 14.6 Å². The molecule has 5 nitrogen and oxygen atoms in total. The van der Waals surface area contributed by atoms with Gasteiger partial charge in [-0.3, -0.25) is 9.59 Å². The van der Waals surface area contributed by atoms with Crippen molar-refractivity contribution in [2.75, 3.05) is 6.79 Å². The molecule has 0 spiro atoms. The fraction of sp³-hybridized carbons (Fsp3) is 0.875. The molecule has 0 heterocycles. The van der Waals surface area contributed by atoms with Crippen molar-refractivity contribution in [3.05, 3.63) is 0 Å². The van der Waals surface area contributed by atoms with Crippen molar-refractivity contribution in [3.63, 3.8) is 0 Å². The summed E-state index contributed by atoms with van der Waals surface area (Å²) in [5, 5.41) is 8.69. The van der Waals surface area contributed by atoms with Gasteiger partial charge in [-0.15, -0.1) is 0 Å². The SMILES string of the molecule is CC(C)C(=O)OC1CCC2CCC(C(=O)OCO)CC2C1. The average Bonchev–Trinajstić information content (AvgIpc) is 2.46. The molecule has 0 aromatic rings. The number of ether oxygens (including phenoxy) is 2. The topological polar surface area (TPSA) is 72.8 Å². The summed E-state index contributed by atoms with van der Waals surface area (Å²) in [5.74, 6) is 0.424. The molecular weight excluding hydrogens is 272 g/mol. The molecule has 2 aliphatic rings. The van der Waals surface area contributed by atoms with E-state index in [1.165, 1.54) is 0 Å². The van der Waals surface area contributed by atoms with Gasteiger partial charge in [0, 0.05) is 0 Å². The van der Waals surface area contributed by atoms with Crippen LogP contribution in [-0.4, -0.2) is 29.9 Å². The number of aliphatic hydroxyl groups excluding tert-OH is 1. The van der Waals surface area contributed by atoms with Gasteiger partial charge in [0.2, 0.25) is 0 Å². The van der Waals surface area contributed by atoms with Crippen molar-refractivity contribution in [1.82, 2.24) is 0 Å². The lowest BCUT2D eigenvalue weighted by Crippen LogP contribution is -2.37. The fourth-order valence-electron chi connectivity index (χ4n) is 3.65. The van der Waals surface area contributed by atoms with E-state index in [9.17, 15) is 9.59 Å². The Morgan fingerprint density at radius 2 is 1.81 bits per heavy atom. The molecule has 5 heteroatoms. The van der Waals surface area contributed by atoms with E-state index in [-0.39, 0.29) is 29.9 Å². The molecule has 0 radical (unpaired) electrons. The first-order valence-electron chi connectivity index (χ1n) is 7.99. The van der Waals surface area contributed by atoms with E-state index in [0.717, 1.165) is 38.5 Å². The highest BCUT2D eigenvalue weighted by Crippen LogP contribution is 2.43. The smallest absolute Gasteiger partial charge is 0.311 e. The van der Waals surface area contributed by atoms with Gasteiger partial charge in [0.25, 0.3) is 0 Å². The zero-order valence-corrected chi connectivity index (χ0v) is 12.9.